The Balaban J connectivity index is 1.33. The number of rotatable bonds is 8. The van der Waals surface area contributed by atoms with Crippen molar-refractivity contribution in [1.29, 1.82) is 0 Å². The zero-order chi connectivity index (χ0) is 23.3. The second-order valence-corrected chi connectivity index (χ2v) is 8.89. The minimum Gasteiger partial charge on any atom is -0.399 e. The van der Waals surface area contributed by atoms with Crippen molar-refractivity contribution >= 4 is 11.4 Å². The average Bonchev–Trinajstić information content (AvgIpc) is 2.82. The maximum Gasteiger partial charge on any atom is 0.0902 e. The minimum absolute atomic E-state index is 0.668. The molecule has 0 aliphatic rings. The van der Waals surface area contributed by atoms with E-state index in [1.165, 1.54) is 27.8 Å². The van der Waals surface area contributed by atoms with Crippen LogP contribution in [-0.4, -0.2) is 0 Å². The number of hydrogen-bond acceptors (Lipinski definition) is 4. The molecule has 0 fully saturated rings. The average molecular weight is 437 g/mol. The fourth-order valence-corrected chi connectivity index (χ4v) is 3.99. The Morgan fingerprint density at radius 2 is 0.788 bits per heavy atom. The summed E-state index contributed by atoms with van der Waals surface area (Å²) in [7, 11) is 0. The summed E-state index contributed by atoms with van der Waals surface area (Å²) in [6.45, 7) is 0. The molecule has 0 spiro atoms. The monoisotopic (exact) mass is 436 g/mol. The molecule has 0 atom stereocenters. The summed E-state index contributed by atoms with van der Waals surface area (Å²) in [5, 5.41) is 0. The normalized spacial score (nSPS) is 11.5. The second-order valence-electron chi connectivity index (χ2n) is 8.89. The molecule has 4 heteroatoms. The van der Waals surface area contributed by atoms with E-state index in [0.717, 1.165) is 36.2 Å². The molecule has 0 aromatic heterocycles. The molecule has 0 unspecified atom stereocenters. The van der Waals surface area contributed by atoms with Gasteiger partial charge in [0.2, 0.25) is 0 Å². The molecule has 33 heavy (non-hydrogen) atoms. The fourth-order valence-electron chi connectivity index (χ4n) is 3.99. The summed E-state index contributed by atoms with van der Waals surface area (Å²) in [5.74, 6) is 0. The van der Waals surface area contributed by atoms with Crippen LogP contribution in [0.2, 0.25) is 0 Å². The van der Waals surface area contributed by atoms with Crippen LogP contribution in [0.1, 0.15) is 39.8 Å². The molecular weight excluding hydrogens is 404 g/mol. The van der Waals surface area contributed by atoms with Gasteiger partial charge in [0.1, 0.15) is 0 Å². The Morgan fingerprint density at radius 1 is 0.455 bits per heavy atom. The lowest BCUT2D eigenvalue weighted by Crippen LogP contribution is -2.46. The zero-order valence-corrected chi connectivity index (χ0v) is 18.9. The van der Waals surface area contributed by atoms with Crippen LogP contribution in [0.25, 0.3) is 0 Å². The highest BCUT2D eigenvalue weighted by molar-refractivity contribution is 5.42. The molecule has 4 nitrogen and oxygen atoms in total. The van der Waals surface area contributed by atoms with E-state index in [-0.39, 0.29) is 0 Å². The summed E-state index contributed by atoms with van der Waals surface area (Å²) in [6.07, 6.45) is 3.23. The lowest BCUT2D eigenvalue weighted by atomic mass is 9.92. The van der Waals surface area contributed by atoms with Crippen LogP contribution in [0.5, 0.6) is 0 Å². The lowest BCUT2D eigenvalue weighted by molar-refractivity contribution is 0.426. The van der Waals surface area contributed by atoms with Crippen LogP contribution in [0.4, 0.5) is 11.4 Å². The maximum atomic E-state index is 6.50. The van der Waals surface area contributed by atoms with Crippen LogP contribution < -0.4 is 22.9 Å². The molecule has 8 N–H and O–H groups in total. The van der Waals surface area contributed by atoms with Gasteiger partial charge in [-0.15, -0.1) is 0 Å². The molecule has 0 saturated carbocycles. The smallest absolute Gasteiger partial charge is 0.0902 e. The molecule has 0 saturated heterocycles. The van der Waals surface area contributed by atoms with Crippen molar-refractivity contribution in [2.75, 3.05) is 11.5 Å². The van der Waals surface area contributed by atoms with E-state index in [1.807, 2.05) is 36.4 Å². The van der Waals surface area contributed by atoms with Gasteiger partial charge in [0.05, 0.1) is 5.66 Å². The topological polar surface area (TPSA) is 104 Å². The largest absolute Gasteiger partial charge is 0.399 e. The van der Waals surface area contributed by atoms with Gasteiger partial charge in [-0.2, -0.15) is 0 Å². The van der Waals surface area contributed by atoms with E-state index in [2.05, 4.69) is 60.7 Å². The Bertz CT molecular complexity index is 1160. The molecule has 0 aliphatic heterocycles. The first kappa shape index (κ1) is 22.6. The van der Waals surface area contributed by atoms with Gasteiger partial charge in [-0.3, -0.25) is 0 Å². The zero-order valence-electron chi connectivity index (χ0n) is 18.9. The van der Waals surface area contributed by atoms with Gasteiger partial charge in [-0.05, 0) is 83.3 Å². The predicted octanol–water partition coefficient (Wildman–Crippen LogP) is 4.74. The van der Waals surface area contributed by atoms with E-state index in [0.29, 0.717) is 6.42 Å². The predicted molar refractivity (Wildman–Crippen MR) is 139 cm³/mol. The van der Waals surface area contributed by atoms with Crippen molar-refractivity contribution < 1.29 is 0 Å². The molecule has 168 valence electrons. The van der Waals surface area contributed by atoms with Gasteiger partial charge in [-0.25, -0.2) is 0 Å². The van der Waals surface area contributed by atoms with Gasteiger partial charge < -0.3 is 22.9 Å². The van der Waals surface area contributed by atoms with Crippen molar-refractivity contribution in [1.82, 2.24) is 0 Å². The second kappa shape index (κ2) is 9.90. The summed E-state index contributed by atoms with van der Waals surface area (Å²) >= 11 is 0. The van der Waals surface area contributed by atoms with Crippen molar-refractivity contribution in [3.05, 3.63) is 130 Å². The number of aryl methyl sites for hydroxylation is 1. The van der Waals surface area contributed by atoms with Gasteiger partial charge in [0, 0.05) is 11.4 Å². The first-order valence-electron chi connectivity index (χ1n) is 11.3. The van der Waals surface area contributed by atoms with E-state index in [4.69, 9.17) is 22.9 Å². The molecule has 0 heterocycles. The molecule has 0 amide bonds. The lowest BCUT2D eigenvalue weighted by Gasteiger charge is -2.25. The number of nitrogens with two attached hydrogens (primary N) is 4. The molecule has 0 aliphatic carbocycles. The van der Waals surface area contributed by atoms with Gasteiger partial charge >= 0.3 is 0 Å². The summed E-state index contributed by atoms with van der Waals surface area (Å²) in [4.78, 5) is 0. The Labute approximate surface area is 196 Å². The van der Waals surface area contributed by atoms with Crippen molar-refractivity contribution in [3.8, 4) is 0 Å². The first-order valence-corrected chi connectivity index (χ1v) is 11.3. The summed E-state index contributed by atoms with van der Waals surface area (Å²) in [6, 6.07) is 33.0. The Kier molecular flexibility index (Phi) is 6.78. The third kappa shape index (κ3) is 6.22. The third-order valence-electron chi connectivity index (χ3n) is 6.12. The summed E-state index contributed by atoms with van der Waals surface area (Å²) < 4.78 is 0. The van der Waals surface area contributed by atoms with Gasteiger partial charge in [0.15, 0.2) is 0 Å². The molecule has 4 rings (SSSR count). The fraction of sp³-hybridized carbons (Fsp3) is 0.172. The number of benzene rings is 4. The highest BCUT2D eigenvalue weighted by atomic mass is 14.9. The molecule has 0 bridgehead atoms. The third-order valence-corrected chi connectivity index (χ3v) is 6.12. The van der Waals surface area contributed by atoms with Crippen LogP contribution in [0.15, 0.2) is 97.1 Å². The van der Waals surface area contributed by atoms with Crippen LogP contribution in [0, 0.1) is 0 Å². The molecular formula is C29H32N4. The number of anilines is 2. The SMILES string of the molecule is Nc1ccc(Cc2ccc(CCC(N)(N)c3ccc(Cc4ccc(N)cc4)cc3)cc2)cc1. The number of hydrogen-bond donors (Lipinski definition) is 4. The van der Waals surface area contributed by atoms with E-state index in [9.17, 15) is 0 Å². The van der Waals surface area contributed by atoms with Crippen LogP contribution in [0.3, 0.4) is 0 Å². The standard InChI is InChI=1S/C29H32N4/c30-27-13-7-24(8-14-27)19-22-3-1-21(2-4-22)17-18-29(32,33)26-11-5-23(6-12-26)20-25-9-15-28(31)16-10-25/h1-16H,17-20,30-33H2. The van der Waals surface area contributed by atoms with E-state index >= 15 is 0 Å². The quantitative estimate of drug-likeness (QED) is 0.237. The Hall–Kier alpha value is -3.60. The van der Waals surface area contributed by atoms with Crippen LogP contribution >= 0.6 is 0 Å². The van der Waals surface area contributed by atoms with Crippen molar-refractivity contribution in [3.63, 3.8) is 0 Å². The first-order chi connectivity index (χ1) is 15.9. The van der Waals surface area contributed by atoms with E-state index in [1.54, 1.807) is 0 Å². The Morgan fingerprint density at radius 3 is 1.21 bits per heavy atom. The molecule has 0 radical (unpaired) electrons. The van der Waals surface area contributed by atoms with Crippen LogP contribution in [-0.2, 0) is 24.9 Å². The molecule has 4 aromatic carbocycles. The summed E-state index contributed by atoms with van der Waals surface area (Å²) in [5.41, 5.74) is 32.4. The van der Waals surface area contributed by atoms with E-state index < -0.39 is 5.66 Å². The number of nitrogen functional groups attached to an aromatic ring is 2. The van der Waals surface area contributed by atoms with Gasteiger partial charge in [0.25, 0.3) is 0 Å². The van der Waals surface area contributed by atoms with Gasteiger partial charge in [-0.1, -0.05) is 72.8 Å². The highest BCUT2D eigenvalue weighted by Gasteiger charge is 2.21. The van der Waals surface area contributed by atoms with Crippen molar-refractivity contribution in [2.45, 2.75) is 31.3 Å². The minimum atomic E-state index is -0.873. The molecule has 4 aromatic rings. The highest BCUT2D eigenvalue weighted by Crippen LogP contribution is 2.22. The maximum absolute atomic E-state index is 6.50. The van der Waals surface area contributed by atoms with Crippen molar-refractivity contribution in [2.24, 2.45) is 11.5 Å².